The van der Waals surface area contributed by atoms with Crippen LogP contribution in [0.4, 0.5) is 4.39 Å². The molecular formula is C18H16FNO3S. The van der Waals surface area contributed by atoms with E-state index < -0.39 is 21.1 Å². The van der Waals surface area contributed by atoms with Crippen LogP contribution in [0.25, 0.3) is 10.9 Å². The van der Waals surface area contributed by atoms with Crippen molar-refractivity contribution in [3.63, 3.8) is 0 Å². The lowest BCUT2D eigenvalue weighted by Crippen LogP contribution is -2.19. The first kappa shape index (κ1) is 16.4. The smallest absolute Gasteiger partial charge is 0.211 e. The van der Waals surface area contributed by atoms with E-state index in [2.05, 4.69) is 0 Å². The molecule has 0 aliphatic rings. The van der Waals surface area contributed by atoms with E-state index in [-0.39, 0.29) is 15.2 Å². The largest absolute Gasteiger partial charge is 0.346 e. The second-order valence-electron chi connectivity index (χ2n) is 5.59. The zero-order valence-electron chi connectivity index (χ0n) is 13.3. The van der Waals surface area contributed by atoms with Crippen LogP contribution >= 0.6 is 0 Å². The number of halogens is 1. The van der Waals surface area contributed by atoms with Gasteiger partial charge in [0.25, 0.3) is 0 Å². The summed E-state index contributed by atoms with van der Waals surface area (Å²) in [6.07, 6.45) is 1.33. The minimum atomic E-state index is -3.98. The standard InChI is InChI=1S/C18H16FNO3S/c1-3-20-11-17(18(21)15-10-13(19)6-9-16(15)20)24(22,23)14-7-4-12(2)5-8-14/h4-11H,3H2,1-2H3. The van der Waals surface area contributed by atoms with Crippen molar-refractivity contribution in [1.82, 2.24) is 4.57 Å². The molecule has 0 radical (unpaired) electrons. The summed E-state index contributed by atoms with van der Waals surface area (Å²) in [5, 5.41) is 0.0602. The molecule has 0 aliphatic carbocycles. The van der Waals surface area contributed by atoms with Crippen LogP contribution in [0, 0.1) is 12.7 Å². The summed E-state index contributed by atoms with van der Waals surface area (Å²) in [7, 11) is -3.98. The highest BCUT2D eigenvalue weighted by atomic mass is 32.2. The number of rotatable bonds is 3. The number of hydrogen-bond acceptors (Lipinski definition) is 3. The minimum absolute atomic E-state index is 0.0450. The van der Waals surface area contributed by atoms with Crippen LogP contribution in [0.1, 0.15) is 12.5 Å². The van der Waals surface area contributed by atoms with E-state index in [1.807, 2.05) is 13.8 Å². The molecule has 0 saturated carbocycles. The van der Waals surface area contributed by atoms with Gasteiger partial charge in [-0.25, -0.2) is 12.8 Å². The summed E-state index contributed by atoms with van der Waals surface area (Å²) in [5.74, 6) is -0.577. The Kier molecular flexibility index (Phi) is 4.01. The molecule has 1 heterocycles. The normalized spacial score (nSPS) is 11.8. The minimum Gasteiger partial charge on any atom is -0.346 e. The monoisotopic (exact) mass is 345 g/mol. The van der Waals surface area contributed by atoms with Crippen molar-refractivity contribution in [2.24, 2.45) is 0 Å². The number of pyridine rings is 1. The van der Waals surface area contributed by atoms with E-state index in [4.69, 9.17) is 0 Å². The van der Waals surface area contributed by atoms with Gasteiger partial charge in [-0.2, -0.15) is 0 Å². The molecule has 24 heavy (non-hydrogen) atoms. The van der Waals surface area contributed by atoms with Crippen LogP contribution in [0.2, 0.25) is 0 Å². The van der Waals surface area contributed by atoms with Crippen molar-refractivity contribution >= 4 is 20.7 Å². The third-order valence-electron chi connectivity index (χ3n) is 3.97. The molecule has 6 heteroatoms. The Morgan fingerprint density at radius 2 is 1.75 bits per heavy atom. The van der Waals surface area contributed by atoms with Crippen molar-refractivity contribution in [3.8, 4) is 0 Å². The first-order chi connectivity index (χ1) is 11.3. The van der Waals surface area contributed by atoms with Gasteiger partial charge in [-0.05, 0) is 44.2 Å². The molecule has 0 fully saturated rings. The van der Waals surface area contributed by atoms with Gasteiger partial charge in [0.2, 0.25) is 15.3 Å². The second kappa shape index (κ2) is 5.87. The maximum Gasteiger partial charge on any atom is 0.211 e. The molecule has 124 valence electrons. The van der Waals surface area contributed by atoms with Gasteiger partial charge in [0.1, 0.15) is 10.7 Å². The summed E-state index contributed by atoms with van der Waals surface area (Å²) in [4.78, 5) is 12.4. The van der Waals surface area contributed by atoms with Gasteiger partial charge in [-0.3, -0.25) is 4.79 Å². The molecule has 4 nitrogen and oxygen atoms in total. The van der Waals surface area contributed by atoms with Crippen molar-refractivity contribution in [2.45, 2.75) is 30.2 Å². The average Bonchev–Trinajstić information content (AvgIpc) is 2.56. The first-order valence-corrected chi connectivity index (χ1v) is 8.97. The van der Waals surface area contributed by atoms with Gasteiger partial charge in [0.05, 0.1) is 10.4 Å². The maximum absolute atomic E-state index is 13.6. The van der Waals surface area contributed by atoms with Crippen molar-refractivity contribution in [3.05, 3.63) is 70.3 Å². The Labute approximate surface area is 139 Å². The number of hydrogen-bond donors (Lipinski definition) is 0. The van der Waals surface area contributed by atoms with E-state index in [1.165, 1.54) is 30.5 Å². The third kappa shape index (κ3) is 2.63. The van der Waals surface area contributed by atoms with Gasteiger partial charge in [-0.1, -0.05) is 17.7 Å². The fourth-order valence-corrected chi connectivity index (χ4v) is 4.01. The van der Waals surface area contributed by atoms with Gasteiger partial charge >= 0.3 is 0 Å². The van der Waals surface area contributed by atoms with E-state index >= 15 is 0 Å². The number of benzene rings is 2. The molecule has 2 aromatic carbocycles. The molecule has 0 amide bonds. The van der Waals surface area contributed by atoms with Crippen molar-refractivity contribution < 1.29 is 12.8 Å². The second-order valence-corrected chi connectivity index (χ2v) is 7.50. The van der Waals surface area contributed by atoms with Crippen LogP contribution in [0.15, 0.2) is 63.2 Å². The van der Waals surface area contributed by atoms with Crippen LogP contribution in [-0.4, -0.2) is 13.0 Å². The molecule has 1 aromatic heterocycles. The van der Waals surface area contributed by atoms with Crippen LogP contribution in [-0.2, 0) is 16.4 Å². The zero-order chi connectivity index (χ0) is 17.5. The SMILES string of the molecule is CCn1cc(S(=O)(=O)c2ccc(C)cc2)c(=O)c2cc(F)ccc21. The third-order valence-corrected chi connectivity index (χ3v) is 5.73. The summed E-state index contributed by atoms with van der Waals surface area (Å²) in [6.45, 7) is 4.13. The van der Waals surface area contributed by atoms with Gasteiger partial charge in [-0.15, -0.1) is 0 Å². The predicted molar refractivity (Wildman–Crippen MR) is 90.5 cm³/mol. The first-order valence-electron chi connectivity index (χ1n) is 7.49. The lowest BCUT2D eigenvalue weighted by atomic mass is 10.2. The average molecular weight is 345 g/mol. The number of sulfone groups is 1. The Hall–Kier alpha value is -2.47. The molecule has 3 rings (SSSR count). The van der Waals surface area contributed by atoms with Gasteiger partial charge in [0.15, 0.2) is 0 Å². The fraction of sp³-hybridized carbons (Fsp3) is 0.167. The molecule has 0 aliphatic heterocycles. The lowest BCUT2D eigenvalue weighted by molar-refractivity contribution is 0.593. The van der Waals surface area contributed by atoms with Gasteiger partial charge < -0.3 is 4.57 Å². The molecule has 0 bridgehead atoms. The molecule has 0 spiro atoms. The summed E-state index contributed by atoms with van der Waals surface area (Å²) >= 11 is 0. The fourth-order valence-electron chi connectivity index (χ4n) is 2.64. The Bertz CT molecular complexity index is 1080. The number of nitrogens with zero attached hydrogens (tertiary/aromatic N) is 1. The van der Waals surface area contributed by atoms with E-state index in [9.17, 15) is 17.6 Å². The predicted octanol–water partition coefficient (Wildman–Crippen LogP) is 3.30. The Morgan fingerprint density at radius 1 is 1.08 bits per heavy atom. The molecule has 0 N–H and O–H groups in total. The van der Waals surface area contributed by atoms with Crippen LogP contribution in [0.5, 0.6) is 0 Å². The molecule has 0 saturated heterocycles. The maximum atomic E-state index is 13.6. The number of fused-ring (bicyclic) bond motifs is 1. The topological polar surface area (TPSA) is 56.1 Å². The zero-order valence-corrected chi connectivity index (χ0v) is 14.1. The highest BCUT2D eigenvalue weighted by Gasteiger charge is 2.23. The van der Waals surface area contributed by atoms with Gasteiger partial charge in [0, 0.05) is 18.1 Å². The summed E-state index contributed by atoms with van der Waals surface area (Å²) < 4.78 is 40.9. The summed E-state index contributed by atoms with van der Waals surface area (Å²) in [6, 6.07) is 10.1. The Balaban J connectivity index is 2.35. The van der Waals surface area contributed by atoms with E-state index in [0.717, 1.165) is 11.6 Å². The quantitative estimate of drug-likeness (QED) is 0.732. The number of aryl methyl sites for hydroxylation is 2. The van der Waals surface area contributed by atoms with E-state index in [0.29, 0.717) is 12.1 Å². The Morgan fingerprint density at radius 3 is 2.38 bits per heavy atom. The highest BCUT2D eigenvalue weighted by Crippen LogP contribution is 2.22. The van der Waals surface area contributed by atoms with Crippen molar-refractivity contribution in [2.75, 3.05) is 0 Å². The van der Waals surface area contributed by atoms with E-state index in [1.54, 1.807) is 16.7 Å². The molecular weight excluding hydrogens is 329 g/mol. The van der Waals surface area contributed by atoms with Crippen LogP contribution in [0.3, 0.4) is 0 Å². The lowest BCUT2D eigenvalue weighted by Gasteiger charge is -2.12. The molecule has 3 aromatic rings. The molecule has 0 atom stereocenters. The highest BCUT2D eigenvalue weighted by molar-refractivity contribution is 7.91. The summed E-state index contributed by atoms with van der Waals surface area (Å²) in [5.41, 5.74) is 0.738. The van der Waals surface area contributed by atoms with Crippen LogP contribution < -0.4 is 5.43 Å². The molecule has 0 unspecified atom stereocenters. The number of aromatic nitrogens is 1. The van der Waals surface area contributed by atoms with Crippen molar-refractivity contribution in [1.29, 1.82) is 0 Å².